The number of aldehydes is 1. The summed E-state index contributed by atoms with van der Waals surface area (Å²) in [7, 11) is 0. The van der Waals surface area contributed by atoms with Gasteiger partial charge in [-0.2, -0.15) is 0 Å². The topological polar surface area (TPSA) is 26.3 Å². The molecule has 0 heterocycles. The van der Waals surface area contributed by atoms with Gasteiger partial charge >= 0.3 is 0 Å². The number of alkyl halides is 2. The van der Waals surface area contributed by atoms with E-state index in [2.05, 4.69) is 0 Å². The molecular weight excluding hydrogens is 274 g/mol. The Hall–Kier alpha value is -2.23. The van der Waals surface area contributed by atoms with Crippen molar-refractivity contribution in [3.63, 3.8) is 0 Å². The quantitative estimate of drug-likeness (QED) is 0.708. The van der Waals surface area contributed by atoms with Gasteiger partial charge in [0, 0.05) is 16.7 Å². The Morgan fingerprint density at radius 2 is 1.86 bits per heavy atom. The summed E-state index contributed by atoms with van der Waals surface area (Å²) in [4.78, 5) is 10.9. The summed E-state index contributed by atoms with van der Waals surface area (Å²) >= 11 is 0. The third-order valence-electron chi connectivity index (χ3n) is 3.08. The van der Waals surface area contributed by atoms with Crippen LogP contribution >= 0.6 is 0 Å². The third-order valence-corrected chi connectivity index (χ3v) is 3.08. The van der Waals surface area contributed by atoms with Crippen LogP contribution in [-0.2, 0) is 0 Å². The molecule has 0 aliphatic carbocycles. The van der Waals surface area contributed by atoms with Crippen LogP contribution < -0.4 is 4.74 Å². The van der Waals surface area contributed by atoms with Crippen LogP contribution in [0.5, 0.6) is 5.75 Å². The number of carbonyl (C=O) groups excluding carboxylic acids is 1. The van der Waals surface area contributed by atoms with Gasteiger partial charge in [0.25, 0.3) is 6.43 Å². The maximum absolute atomic E-state index is 12.6. The SMILES string of the molecule is CCCOc1ccc(C=O)cc1-c1ccc(C(F)F)cc1. The van der Waals surface area contributed by atoms with Crippen LogP contribution in [0.4, 0.5) is 8.78 Å². The highest BCUT2D eigenvalue weighted by molar-refractivity contribution is 5.81. The molecule has 0 amide bonds. The molecule has 0 aliphatic heterocycles. The average Bonchev–Trinajstić information content (AvgIpc) is 2.53. The Labute approximate surface area is 122 Å². The van der Waals surface area contributed by atoms with Crippen LogP contribution in [0.1, 0.15) is 35.7 Å². The second-order valence-corrected chi connectivity index (χ2v) is 4.64. The molecule has 0 atom stereocenters. The van der Waals surface area contributed by atoms with E-state index < -0.39 is 6.43 Å². The molecule has 0 saturated heterocycles. The fourth-order valence-corrected chi connectivity index (χ4v) is 1.99. The van der Waals surface area contributed by atoms with Crippen molar-refractivity contribution in [2.45, 2.75) is 19.8 Å². The van der Waals surface area contributed by atoms with Gasteiger partial charge < -0.3 is 4.74 Å². The maximum Gasteiger partial charge on any atom is 0.263 e. The molecule has 110 valence electrons. The molecule has 0 aromatic heterocycles. The van der Waals surface area contributed by atoms with E-state index >= 15 is 0 Å². The summed E-state index contributed by atoms with van der Waals surface area (Å²) in [5.74, 6) is 0.646. The standard InChI is InChI=1S/C17H16F2O2/c1-2-9-21-16-8-3-12(11-20)10-15(16)13-4-6-14(7-5-13)17(18)19/h3-8,10-11,17H,2,9H2,1H3. The summed E-state index contributed by atoms with van der Waals surface area (Å²) < 4.78 is 30.8. The smallest absolute Gasteiger partial charge is 0.263 e. The molecular formula is C17H16F2O2. The third kappa shape index (κ3) is 3.66. The molecule has 0 radical (unpaired) electrons. The molecule has 0 spiro atoms. The number of hydrogen-bond acceptors (Lipinski definition) is 2. The van der Waals surface area contributed by atoms with Crippen molar-refractivity contribution in [2.24, 2.45) is 0 Å². The van der Waals surface area contributed by atoms with Gasteiger partial charge in [0.1, 0.15) is 12.0 Å². The highest BCUT2D eigenvalue weighted by Crippen LogP contribution is 2.32. The largest absolute Gasteiger partial charge is 0.493 e. The molecule has 0 saturated carbocycles. The lowest BCUT2D eigenvalue weighted by Gasteiger charge is -2.12. The van der Waals surface area contributed by atoms with Crippen LogP contribution in [0, 0.1) is 0 Å². The van der Waals surface area contributed by atoms with Crippen LogP contribution in [0.25, 0.3) is 11.1 Å². The minimum Gasteiger partial charge on any atom is -0.493 e. The van der Waals surface area contributed by atoms with Crippen molar-refractivity contribution in [1.82, 2.24) is 0 Å². The van der Waals surface area contributed by atoms with Gasteiger partial charge in [-0.3, -0.25) is 4.79 Å². The lowest BCUT2D eigenvalue weighted by molar-refractivity contribution is 0.112. The number of ether oxygens (including phenoxy) is 1. The zero-order valence-corrected chi connectivity index (χ0v) is 11.7. The van der Waals surface area contributed by atoms with Gasteiger partial charge in [-0.25, -0.2) is 8.78 Å². The van der Waals surface area contributed by atoms with Crippen molar-refractivity contribution >= 4 is 6.29 Å². The first-order valence-electron chi connectivity index (χ1n) is 6.76. The first kappa shape index (κ1) is 15.2. The van der Waals surface area contributed by atoms with Crippen LogP contribution in [0.3, 0.4) is 0 Å². The fraction of sp³-hybridized carbons (Fsp3) is 0.235. The van der Waals surface area contributed by atoms with Crippen molar-refractivity contribution in [2.75, 3.05) is 6.61 Å². The molecule has 2 rings (SSSR count). The molecule has 0 fully saturated rings. The summed E-state index contributed by atoms with van der Waals surface area (Å²) in [5.41, 5.74) is 1.97. The monoisotopic (exact) mass is 290 g/mol. The second-order valence-electron chi connectivity index (χ2n) is 4.64. The number of hydrogen-bond donors (Lipinski definition) is 0. The van der Waals surface area contributed by atoms with Crippen LogP contribution in [-0.4, -0.2) is 12.9 Å². The first-order valence-corrected chi connectivity index (χ1v) is 6.76. The second kappa shape index (κ2) is 6.97. The zero-order valence-electron chi connectivity index (χ0n) is 11.7. The summed E-state index contributed by atoms with van der Waals surface area (Å²) in [6.07, 6.45) is -0.879. The number of rotatable bonds is 6. The van der Waals surface area contributed by atoms with Crippen molar-refractivity contribution < 1.29 is 18.3 Å². The molecule has 2 aromatic rings. The molecule has 4 heteroatoms. The van der Waals surface area contributed by atoms with Gasteiger partial charge in [-0.1, -0.05) is 31.2 Å². The van der Waals surface area contributed by atoms with E-state index in [1.165, 1.54) is 12.1 Å². The molecule has 0 aliphatic rings. The minimum absolute atomic E-state index is 0.0266. The van der Waals surface area contributed by atoms with E-state index in [1.807, 2.05) is 6.92 Å². The van der Waals surface area contributed by atoms with Gasteiger partial charge in [-0.05, 0) is 30.2 Å². The summed E-state index contributed by atoms with van der Waals surface area (Å²) in [5, 5.41) is 0. The summed E-state index contributed by atoms with van der Waals surface area (Å²) in [6.45, 7) is 2.56. The number of carbonyl (C=O) groups is 1. The Morgan fingerprint density at radius 3 is 2.43 bits per heavy atom. The minimum atomic E-state index is -2.49. The Balaban J connectivity index is 2.41. The van der Waals surface area contributed by atoms with Crippen LogP contribution in [0.2, 0.25) is 0 Å². The van der Waals surface area contributed by atoms with Crippen molar-refractivity contribution in [1.29, 1.82) is 0 Å². The predicted octanol–water partition coefficient (Wildman–Crippen LogP) is 4.89. The average molecular weight is 290 g/mol. The van der Waals surface area contributed by atoms with E-state index in [0.29, 0.717) is 17.9 Å². The molecule has 2 aromatic carbocycles. The summed E-state index contributed by atoms with van der Waals surface area (Å²) in [6, 6.07) is 11.1. The van der Waals surface area contributed by atoms with Gasteiger partial charge in [0.15, 0.2) is 0 Å². The van der Waals surface area contributed by atoms with Crippen LogP contribution in [0.15, 0.2) is 42.5 Å². The van der Waals surface area contributed by atoms with Gasteiger partial charge in [0.05, 0.1) is 6.61 Å². The zero-order chi connectivity index (χ0) is 15.2. The normalized spacial score (nSPS) is 10.7. The van der Waals surface area contributed by atoms with E-state index in [1.54, 1.807) is 30.3 Å². The molecule has 21 heavy (non-hydrogen) atoms. The Morgan fingerprint density at radius 1 is 1.14 bits per heavy atom. The fourth-order valence-electron chi connectivity index (χ4n) is 1.99. The lowest BCUT2D eigenvalue weighted by atomic mass is 10.0. The molecule has 2 nitrogen and oxygen atoms in total. The highest BCUT2D eigenvalue weighted by Gasteiger charge is 2.10. The highest BCUT2D eigenvalue weighted by atomic mass is 19.3. The van der Waals surface area contributed by atoms with Gasteiger partial charge in [0.2, 0.25) is 0 Å². The van der Waals surface area contributed by atoms with E-state index in [9.17, 15) is 13.6 Å². The van der Waals surface area contributed by atoms with Gasteiger partial charge in [-0.15, -0.1) is 0 Å². The van der Waals surface area contributed by atoms with E-state index in [4.69, 9.17) is 4.74 Å². The first-order chi connectivity index (χ1) is 10.2. The molecule has 0 unspecified atom stereocenters. The van der Waals surface area contributed by atoms with E-state index in [0.717, 1.165) is 23.8 Å². The molecule has 0 bridgehead atoms. The lowest BCUT2D eigenvalue weighted by Crippen LogP contribution is -1.98. The van der Waals surface area contributed by atoms with E-state index in [-0.39, 0.29) is 5.56 Å². The molecule has 0 N–H and O–H groups in total. The predicted molar refractivity (Wildman–Crippen MR) is 78.0 cm³/mol. The Kier molecular flexibility index (Phi) is 5.04. The van der Waals surface area contributed by atoms with Crippen molar-refractivity contribution in [3.8, 4) is 16.9 Å². The van der Waals surface area contributed by atoms with Crippen molar-refractivity contribution in [3.05, 3.63) is 53.6 Å². The Bertz CT molecular complexity index is 607. The maximum atomic E-state index is 12.6. The number of benzene rings is 2. The number of halogens is 2.